The van der Waals surface area contributed by atoms with E-state index in [2.05, 4.69) is 32.3 Å². The number of nitrogens with one attached hydrogen (secondary N) is 1. The van der Waals surface area contributed by atoms with E-state index in [1.807, 2.05) is 6.20 Å². The van der Waals surface area contributed by atoms with Crippen LogP contribution in [0.1, 0.15) is 45.4 Å². The lowest BCUT2D eigenvalue weighted by Gasteiger charge is -2.32. The van der Waals surface area contributed by atoms with Gasteiger partial charge in [-0.15, -0.1) is 0 Å². The maximum atomic E-state index is 12.6. The molecule has 5 rings (SSSR count). The van der Waals surface area contributed by atoms with Gasteiger partial charge in [0.15, 0.2) is 0 Å². The average Bonchev–Trinajstić information content (AvgIpc) is 3.63. The Labute approximate surface area is 187 Å². The summed E-state index contributed by atoms with van der Waals surface area (Å²) in [5.41, 5.74) is 1.22. The van der Waals surface area contributed by atoms with Crippen LogP contribution in [0, 0.1) is 5.41 Å². The van der Waals surface area contributed by atoms with Crippen LogP contribution in [0.3, 0.4) is 0 Å². The van der Waals surface area contributed by atoms with E-state index in [1.54, 1.807) is 6.33 Å². The summed E-state index contributed by atoms with van der Waals surface area (Å²) < 4.78 is 12.0. The summed E-state index contributed by atoms with van der Waals surface area (Å²) in [6.07, 6.45) is 8.23. The van der Waals surface area contributed by atoms with Gasteiger partial charge in [-0.1, -0.05) is 0 Å². The topological polar surface area (TPSA) is 93.7 Å². The highest BCUT2D eigenvalue weighted by Crippen LogP contribution is 2.47. The predicted molar refractivity (Wildman–Crippen MR) is 120 cm³/mol. The van der Waals surface area contributed by atoms with Crippen molar-refractivity contribution in [1.29, 1.82) is 0 Å². The molecule has 1 saturated heterocycles. The molecule has 8 heteroatoms. The number of Topliss-reactive ketones (excluding diaryl/α,β-unsaturated/α-hetero) is 1. The van der Waals surface area contributed by atoms with E-state index in [1.165, 1.54) is 6.92 Å². The highest BCUT2D eigenvalue weighted by atomic mass is 16.5. The molecule has 0 atom stereocenters. The second-order valence-electron chi connectivity index (χ2n) is 9.20. The first-order valence-electron chi connectivity index (χ1n) is 11.6. The molecule has 8 nitrogen and oxygen atoms in total. The number of rotatable bonds is 6. The fraction of sp³-hybridized carbons (Fsp3) is 0.583. The number of hydrogen-bond donors (Lipinski definition) is 1. The molecule has 3 aliphatic rings. The second kappa shape index (κ2) is 8.65. The largest absolute Gasteiger partial charge is 0.490 e. The summed E-state index contributed by atoms with van der Waals surface area (Å²) in [4.78, 5) is 35.3. The minimum absolute atomic E-state index is 0.0127. The number of carbonyl (C=O) groups excluding carboxylic acids is 2. The maximum absolute atomic E-state index is 12.6. The number of hydrogen-bond acceptors (Lipinski definition) is 7. The molecule has 0 spiro atoms. The van der Waals surface area contributed by atoms with Crippen LogP contribution in [0.15, 0.2) is 24.7 Å². The van der Waals surface area contributed by atoms with Crippen molar-refractivity contribution in [2.45, 2.75) is 57.6 Å². The predicted octanol–water partition coefficient (Wildman–Crippen LogP) is 2.64. The number of carbonyl (C=O) groups is 2. The third-order valence-corrected chi connectivity index (χ3v) is 7.11. The Hall–Kier alpha value is -2.74. The zero-order chi connectivity index (χ0) is 22.1. The van der Waals surface area contributed by atoms with Gasteiger partial charge in [0, 0.05) is 37.1 Å². The first kappa shape index (κ1) is 21.1. The van der Waals surface area contributed by atoms with Gasteiger partial charge < -0.3 is 19.7 Å². The van der Waals surface area contributed by atoms with Gasteiger partial charge in [-0.3, -0.25) is 9.59 Å². The molecule has 1 N–H and O–H groups in total. The average molecular weight is 439 g/mol. The van der Waals surface area contributed by atoms with E-state index in [9.17, 15) is 9.59 Å². The maximum Gasteiger partial charge on any atom is 0.233 e. The summed E-state index contributed by atoms with van der Waals surface area (Å²) in [7, 11) is 0. The zero-order valence-corrected chi connectivity index (χ0v) is 18.5. The van der Waals surface area contributed by atoms with Gasteiger partial charge in [-0.05, 0) is 51.5 Å². The second-order valence-corrected chi connectivity index (χ2v) is 9.20. The molecule has 170 valence electrons. The van der Waals surface area contributed by atoms with Gasteiger partial charge >= 0.3 is 0 Å². The minimum Gasteiger partial charge on any atom is -0.490 e. The van der Waals surface area contributed by atoms with E-state index in [0.717, 1.165) is 74.3 Å². The van der Waals surface area contributed by atoms with Crippen molar-refractivity contribution in [3.63, 3.8) is 0 Å². The minimum atomic E-state index is -0.744. The van der Waals surface area contributed by atoms with E-state index >= 15 is 0 Å². The number of morpholine rings is 1. The van der Waals surface area contributed by atoms with Gasteiger partial charge in [0.25, 0.3) is 0 Å². The van der Waals surface area contributed by atoms with Gasteiger partial charge in [0.05, 0.1) is 30.2 Å². The molecule has 2 saturated carbocycles. The summed E-state index contributed by atoms with van der Waals surface area (Å²) >= 11 is 0. The lowest BCUT2D eigenvalue weighted by molar-refractivity contribution is -0.135. The Balaban J connectivity index is 1.25. The third-order valence-electron chi connectivity index (χ3n) is 7.11. The van der Waals surface area contributed by atoms with Gasteiger partial charge in [0.2, 0.25) is 5.91 Å². The van der Waals surface area contributed by atoms with Crippen LogP contribution >= 0.6 is 0 Å². The molecular formula is C24H30N4O4. The van der Waals surface area contributed by atoms with Crippen LogP contribution in [-0.4, -0.2) is 60.1 Å². The smallest absolute Gasteiger partial charge is 0.233 e. The first-order chi connectivity index (χ1) is 15.5. The molecule has 2 heterocycles. The van der Waals surface area contributed by atoms with Gasteiger partial charge in [-0.2, -0.15) is 0 Å². The Kier molecular flexibility index (Phi) is 5.71. The Morgan fingerprint density at radius 1 is 1.16 bits per heavy atom. The summed E-state index contributed by atoms with van der Waals surface area (Å²) in [6, 6.07) is 4.29. The molecule has 0 bridgehead atoms. The molecule has 2 aromatic rings. The van der Waals surface area contributed by atoms with Crippen LogP contribution in [0.25, 0.3) is 10.9 Å². The molecule has 1 aromatic heterocycles. The normalized spacial score (nSPS) is 24.7. The number of fused-ring (bicyclic) bond motifs is 1. The number of aromatic nitrogens is 2. The molecule has 0 unspecified atom stereocenters. The summed E-state index contributed by atoms with van der Waals surface area (Å²) in [6.45, 7) is 4.67. The zero-order valence-electron chi connectivity index (χ0n) is 18.5. The highest BCUT2D eigenvalue weighted by molar-refractivity contribution is 6.07. The number of ether oxygens (including phenoxy) is 2. The van der Waals surface area contributed by atoms with E-state index in [4.69, 9.17) is 9.47 Å². The molecule has 0 radical (unpaired) electrons. The van der Waals surface area contributed by atoms with Crippen molar-refractivity contribution in [3.05, 3.63) is 24.7 Å². The van der Waals surface area contributed by atoms with Crippen molar-refractivity contribution in [2.24, 2.45) is 5.41 Å². The van der Waals surface area contributed by atoms with Crippen molar-refractivity contribution in [3.8, 4) is 5.75 Å². The Morgan fingerprint density at radius 3 is 2.59 bits per heavy atom. The first-order valence-corrected chi connectivity index (χ1v) is 11.6. The standard InChI is InChI=1S/C24H30N4O4/c1-16(29)24(6-7-24)23(30)27-17-2-4-19(5-3-17)32-22-13-18(28-8-10-31-11-9-28)12-21-20(22)14-25-15-26-21/h12-15,17,19H,2-11H2,1H3,(H,27,30)/t17-,19+. The van der Waals surface area contributed by atoms with E-state index in [-0.39, 0.29) is 23.8 Å². The molecule has 1 aliphatic heterocycles. The number of benzene rings is 1. The number of anilines is 1. The number of ketones is 1. The van der Waals surface area contributed by atoms with Crippen molar-refractivity contribution >= 4 is 28.3 Å². The summed E-state index contributed by atoms with van der Waals surface area (Å²) in [5.74, 6) is 0.711. The lowest BCUT2D eigenvalue weighted by atomic mass is 9.91. The molecule has 1 aromatic carbocycles. The fourth-order valence-electron chi connectivity index (χ4n) is 4.83. The van der Waals surface area contributed by atoms with Crippen molar-refractivity contribution < 1.29 is 19.1 Å². The number of nitrogens with zero attached hydrogens (tertiary/aromatic N) is 3. The summed E-state index contributed by atoms with van der Waals surface area (Å²) in [5, 5.41) is 4.03. The third kappa shape index (κ3) is 4.16. The van der Waals surface area contributed by atoms with Crippen LogP contribution in [0.2, 0.25) is 0 Å². The van der Waals surface area contributed by atoms with Crippen LogP contribution in [0.5, 0.6) is 5.75 Å². The van der Waals surface area contributed by atoms with Gasteiger partial charge in [-0.25, -0.2) is 9.97 Å². The van der Waals surface area contributed by atoms with E-state index in [0.29, 0.717) is 12.8 Å². The SMILES string of the molecule is CC(=O)C1(C(=O)N[C@H]2CC[C@@H](Oc3cc(N4CCOCC4)cc4ncncc34)CC2)CC1. The molecular weight excluding hydrogens is 408 g/mol. The molecule has 1 amide bonds. The van der Waals surface area contributed by atoms with Crippen molar-refractivity contribution in [1.82, 2.24) is 15.3 Å². The van der Waals surface area contributed by atoms with Crippen LogP contribution in [-0.2, 0) is 14.3 Å². The molecule has 32 heavy (non-hydrogen) atoms. The van der Waals surface area contributed by atoms with Crippen molar-refractivity contribution in [2.75, 3.05) is 31.2 Å². The van der Waals surface area contributed by atoms with E-state index < -0.39 is 5.41 Å². The Morgan fingerprint density at radius 2 is 1.91 bits per heavy atom. The highest BCUT2D eigenvalue weighted by Gasteiger charge is 2.54. The fourth-order valence-corrected chi connectivity index (χ4v) is 4.83. The van der Waals surface area contributed by atoms with Gasteiger partial charge in [0.1, 0.15) is 23.3 Å². The number of amides is 1. The molecule has 3 fully saturated rings. The monoisotopic (exact) mass is 438 g/mol. The lowest BCUT2D eigenvalue weighted by Crippen LogP contribution is -2.44. The molecule has 2 aliphatic carbocycles. The Bertz CT molecular complexity index is 1010. The van der Waals surface area contributed by atoms with Crippen LogP contribution < -0.4 is 15.0 Å². The quantitative estimate of drug-likeness (QED) is 0.693. The van der Waals surface area contributed by atoms with Crippen LogP contribution in [0.4, 0.5) is 5.69 Å².